The average molecular weight is 210 g/mol. The van der Waals surface area contributed by atoms with Crippen molar-refractivity contribution in [3.63, 3.8) is 0 Å². The average Bonchev–Trinajstić information content (AvgIpc) is 2.19. The lowest BCUT2D eigenvalue weighted by molar-refractivity contribution is -0.121. The minimum atomic E-state index is -0.373. The molecule has 82 valence electrons. The summed E-state index contributed by atoms with van der Waals surface area (Å²) in [6, 6.07) is 1.24. The minimum Gasteiger partial charge on any atom is -0.397 e. The Morgan fingerprint density at radius 1 is 1.67 bits per heavy atom. The highest BCUT2D eigenvalue weighted by molar-refractivity contribution is 5.75. The Morgan fingerprint density at radius 2 is 2.40 bits per heavy atom. The van der Waals surface area contributed by atoms with Crippen LogP contribution in [0.1, 0.15) is 13.3 Å². The zero-order chi connectivity index (χ0) is 11.3. The monoisotopic (exact) mass is 210 g/mol. The molecule has 1 rings (SSSR count). The number of nitrogens with two attached hydrogens (primary N) is 1. The Bertz CT molecular complexity index is 399. The van der Waals surface area contributed by atoms with Gasteiger partial charge in [0.2, 0.25) is 5.91 Å². The number of amides is 1. The largest absolute Gasteiger partial charge is 0.397 e. The van der Waals surface area contributed by atoms with Crippen LogP contribution in [-0.2, 0) is 11.3 Å². The van der Waals surface area contributed by atoms with Crippen molar-refractivity contribution in [2.45, 2.75) is 19.9 Å². The molecule has 0 aliphatic carbocycles. The van der Waals surface area contributed by atoms with Crippen molar-refractivity contribution in [1.29, 1.82) is 0 Å². The standard InChI is InChI=1S/C9H14N4O2/c1-2-3-11-8(14)6-13-9(15)4-7(10)5-12-13/h4-5H,2-3,6,10H2,1H3,(H,11,14). The van der Waals surface area contributed by atoms with Gasteiger partial charge in [-0.3, -0.25) is 9.59 Å². The summed E-state index contributed by atoms with van der Waals surface area (Å²) in [6.07, 6.45) is 2.20. The molecule has 1 aromatic heterocycles. The first-order valence-corrected chi connectivity index (χ1v) is 4.73. The zero-order valence-corrected chi connectivity index (χ0v) is 8.56. The van der Waals surface area contributed by atoms with Crippen molar-refractivity contribution < 1.29 is 4.79 Å². The molecule has 1 heterocycles. The number of rotatable bonds is 4. The molecule has 0 saturated carbocycles. The van der Waals surface area contributed by atoms with Gasteiger partial charge in [-0.1, -0.05) is 6.92 Å². The van der Waals surface area contributed by atoms with Gasteiger partial charge in [0.15, 0.2) is 0 Å². The van der Waals surface area contributed by atoms with Crippen LogP contribution in [0.4, 0.5) is 5.69 Å². The highest BCUT2D eigenvalue weighted by Crippen LogP contribution is 1.89. The summed E-state index contributed by atoms with van der Waals surface area (Å²) in [5.41, 5.74) is 5.29. The lowest BCUT2D eigenvalue weighted by Crippen LogP contribution is -2.33. The lowest BCUT2D eigenvalue weighted by Gasteiger charge is -2.04. The van der Waals surface area contributed by atoms with Crippen LogP contribution in [0, 0.1) is 0 Å². The van der Waals surface area contributed by atoms with Gasteiger partial charge in [-0.25, -0.2) is 4.68 Å². The maximum atomic E-state index is 11.3. The first-order chi connectivity index (χ1) is 7.13. The van der Waals surface area contributed by atoms with Crippen LogP contribution in [-0.4, -0.2) is 22.2 Å². The highest BCUT2D eigenvalue weighted by atomic mass is 16.2. The SMILES string of the molecule is CCCNC(=O)Cn1ncc(N)cc1=O. The van der Waals surface area contributed by atoms with E-state index in [0.717, 1.165) is 11.1 Å². The third kappa shape index (κ3) is 3.41. The molecule has 0 bridgehead atoms. The molecule has 3 N–H and O–H groups in total. The van der Waals surface area contributed by atoms with Crippen LogP contribution < -0.4 is 16.6 Å². The number of anilines is 1. The van der Waals surface area contributed by atoms with Crippen molar-refractivity contribution in [3.8, 4) is 0 Å². The quantitative estimate of drug-likeness (QED) is 0.691. The number of aromatic nitrogens is 2. The number of carbonyl (C=O) groups excluding carboxylic acids is 1. The van der Waals surface area contributed by atoms with Crippen LogP contribution in [0.15, 0.2) is 17.1 Å². The normalized spacial score (nSPS) is 9.93. The van der Waals surface area contributed by atoms with E-state index in [0.29, 0.717) is 12.2 Å². The third-order valence-corrected chi connectivity index (χ3v) is 1.76. The first-order valence-electron chi connectivity index (χ1n) is 4.73. The highest BCUT2D eigenvalue weighted by Gasteiger charge is 2.04. The summed E-state index contributed by atoms with van der Waals surface area (Å²) in [7, 11) is 0. The molecular formula is C9H14N4O2. The zero-order valence-electron chi connectivity index (χ0n) is 8.56. The number of hydrogen-bond acceptors (Lipinski definition) is 4. The number of hydrogen-bond donors (Lipinski definition) is 2. The third-order valence-electron chi connectivity index (χ3n) is 1.76. The molecule has 15 heavy (non-hydrogen) atoms. The number of nitrogens with zero attached hydrogens (tertiary/aromatic N) is 2. The number of carbonyl (C=O) groups is 1. The van der Waals surface area contributed by atoms with Gasteiger partial charge in [0.25, 0.3) is 5.56 Å². The van der Waals surface area contributed by atoms with E-state index in [4.69, 9.17) is 5.73 Å². The Hall–Kier alpha value is -1.85. The van der Waals surface area contributed by atoms with Crippen molar-refractivity contribution >= 4 is 11.6 Å². The molecule has 0 spiro atoms. The summed E-state index contributed by atoms with van der Waals surface area (Å²) in [4.78, 5) is 22.6. The van der Waals surface area contributed by atoms with Gasteiger partial charge in [0, 0.05) is 12.6 Å². The molecule has 0 unspecified atom stereocenters. The predicted octanol–water partition coefficient (Wildman–Crippen LogP) is -0.648. The fraction of sp³-hybridized carbons (Fsp3) is 0.444. The van der Waals surface area contributed by atoms with Crippen molar-refractivity contribution in [3.05, 3.63) is 22.6 Å². The first kappa shape index (κ1) is 11.2. The van der Waals surface area contributed by atoms with Crippen LogP contribution in [0.3, 0.4) is 0 Å². The van der Waals surface area contributed by atoms with E-state index in [9.17, 15) is 9.59 Å². The second-order valence-corrected chi connectivity index (χ2v) is 3.13. The summed E-state index contributed by atoms with van der Waals surface area (Å²) in [6.45, 7) is 2.48. The molecule has 6 heteroatoms. The van der Waals surface area contributed by atoms with Crippen LogP contribution in [0.5, 0.6) is 0 Å². The van der Waals surface area contributed by atoms with Gasteiger partial charge in [0.05, 0.1) is 11.9 Å². The van der Waals surface area contributed by atoms with E-state index in [1.54, 1.807) is 0 Å². The predicted molar refractivity (Wildman–Crippen MR) is 56.2 cm³/mol. The van der Waals surface area contributed by atoms with Gasteiger partial charge in [-0.2, -0.15) is 5.10 Å². The molecule has 6 nitrogen and oxygen atoms in total. The molecular weight excluding hydrogens is 196 g/mol. The van der Waals surface area contributed by atoms with Gasteiger partial charge in [-0.05, 0) is 6.42 Å². The Balaban J connectivity index is 2.65. The summed E-state index contributed by atoms with van der Waals surface area (Å²) in [5, 5.41) is 6.40. The fourth-order valence-electron chi connectivity index (χ4n) is 1.02. The maximum absolute atomic E-state index is 11.3. The fourth-order valence-corrected chi connectivity index (χ4v) is 1.02. The molecule has 0 fully saturated rings. The molecule has 1 aromatic rings. The van der Waals surface area contributed by atoms with Gasteiger partial charge >= 0.3 is 0 Å². The Kier molecular flexibility index (Phi) is 3.84. The molecule has 0 aromatic carbocycles. The van der Waals surface area contributed by atoms with Crippen molar-refractivity contribution in [1.82, 2.24) is 15.1 Å². The van der Waals surface area contributed by atoms with Gasteiger partial charge in [-0.15, -0.1) is 0 Å². The van der Waals surface area contributed by atoms with Crippen molar-refractivity contribution in [2.75, 3.05) is 12.3 Å². The van der Waals surface area contributed by atoms with Crippen molar-refractivity contribution in [2.24, 2.45) is 0 Å². The summed E-state index contributed by atoms with van der Waals surface area (Å²) >= 11 is 0. The van der Waals surface area contributed by atoms with E-state index in [1.807, 2.05) is 6.92 Å². The van der Waals surface area contributed by atoms with Gasteiger partial charge in [0.1, 0.15) is 6.54 Å². The van der Waals surface area contributed by atoms with E-state index >= 15 is 0 Å². The molecule has 0 atom stereocenters. The second kappa shape index (κ2) is 5.14. The molecule has 0 aliphatic heterocycles. The second-order valence-electron chi connectivity index (χ2n) is 3.13. The molecule has 0 radical (unpaired) electrons. The minimum absolute atomic E-state index is 0.0703. The van der Waals surface area contributed by atoms with E-state index < -0.39 is 0 Å². The van der Waals surface area contributed by atoms with Crippen LogP contribution in [0.25, 0.3) is 0 Å². The number of nitrogen functional groups attached to an aromatic ring is 1. The molecule has 1 amide bonds. The smallest absolute Gasteiger partial charge is 0.269 e. The Morgan fingerprint density at radius 3 is 3.00 bits per heavy atom. The van der Waals surface area contributed by atoms with E-state index in [2.05, 4.69) is 10.4 Å². The molecule has 0 saturated heterocycles. The Labute approximate surface area is 87.1 Å². The summed E-state index contributed by atoms with van der Waals surface area (Å²) < 4.78 is 1.07. The molecule has 0 aliphatic rings. The topological polar surface area (TPSA) is 90.0 Å². The van der Waals surface area contributed by atoms with Crippen LogP contribution >= 0.6 is 0 Å². The van der Waals surface area contributed by atoms with Gasteiger partial charge < -0.3 is 11.1 Å². The number of nitrogens with one attached hydrogen (secondary N) is 1. The lowest BCUT2D eigenvalue weighted by atomic mass is 10.4. The maximum Gasteiger partial charge on any atom is 0.269 e. The van der Waals surface area contributed by atoms with Crippen LogP contribution in [0.2, 0.25) is 0 Å². The van der Waals surface area contributed by atoms with E-state index in [-0.39, 0.29) is 18.0 Å². The van der Waals surface area contributed by atoms with E-state index in [1.165, 1.54) is 12.3 Å². The summed E-state index contributed by atoms with van der Waals surface area (Å²) in [5.74, 6) is -0.226.